The number of amides is 1. The van der Waals surface area contributed by atoms with Gasteiger partial charge < -0.3 is 10.6 Å². The third-order valence-corrected chi connectivity index (χ3v) is 4.50. The molecule has 19 heavy (non-hydrogen) atoms. The summed E-state index contributed by atoms with van der Waals surface area (Å²) in [5.41, 5.74) is 6.50. The van der Waals surface area contributed by atoms with Crippen molar-refractivity contribution in [2.45, 2.75) is 19.8 Å². The zero-order valence-corrected chi connectivity index (χ0v) is 12.5. The van der Waals surface area contributed by atoms with Crippen LogP contribution in [0.2, 0.25) is 10.0 Å². The topological polar surface area (TPSA) is 46.3 Å². The van der Waals surface area contributed by atoms with Crippen LogP contribution in [0.5, 0.6) is 0 Å². The van der Waals surface area contributed by atoms with Crippen molar-refractivity contribution in [1.82, 2.24) is 4.90 Å². The van der Waals surface area contributed by atoms with Crippen molar-refractivity contribution < 1.29 is 4.79 Å². The van der Waals surface area contributed by atoms with Gasteiger partial charge in [0, 0.05) is 23.1 Å². The number of nitrogens with zero attached hydrogens (tertiary/aromatic N) is 1. The molecule has 2 N–H and O–H groups in total. The second-order valence-corrected chi connectivity index (χ2v) is 6.27. The van der Waals surface area contributed by atoms with Crippen LogP contribution in [0, 0.1) is 5.41 Å². The quantitative estimate of drug-likeness (QED) is 0.933. The Hall–Kier alpha value is -0.770. The second-order valence-electron chi connectivity index (χ2n) is 5.46. The van der Waals surface area contributed by atoms with Crippen molar-refractivity contribution in [3.05, 3.63) is 33.8 Å². The van der Waals surface area contributed by atoms with Gasteiger partial charge in [-0.2, -0.15) is 0 Å². The van der Waals surface area contributed by atoms with Gasteiger partial charge in [0.1, 0.15) is 0 Å². The highest BCUT2D eigenvalue weighted by molar-refractivity contribution is 6.36. The third-order valence-electron chi connectivity index (χ3n) is 3.79. The minimum Gasteiger partial charge on any atom is -0.342 e. The van der Waals surface area contributed by atoms with Gasteiger partial charge in [0.15, 0.2) is 0 Å². The Labute approximate surface area is 123 Å². The predicted molar refractivity (Wildman–Crippen MR) is 78.5 cm³/mol. The average Bonchev–Trinajstić information content (AvgIpc) is 2.77. The molecule has 0 radical (unpaired) electrons. The van der Waals surface area contributed by atoms with E-state index in [0.29, 0.717) is 28.7 Å². The summed E-state index contributed by atoms with van der Waals surface area (Å²) < 4.78 is 0. The molecule has 0 saturated carbocycles. The number of nitrogens with two attached hydrogens (primary N) is 1. The lowest BCUT2D eigenvalue weighted by molar-refractivity contribution is -0.129. The van der Waals surface area contributed by atoms with E-state index in [1.807, 2.05) is 4.90 Å². The number of halogens is 2. The van der Waals surface area contributed by atoms with Gasteiger partial charge in [-0.3, -0.25) is 4.79 Å². The molecule has 104 valence electrons. The largest absolute Gasteiger partial charge is 0.342 e. The number of benzene rings is 1. The minimum atomic E-state index is 0.0416. The van der Waals surface area contributed by atoms with Crippen molar-refractivity contribution in [1.29, 1.82) is 0 Å². The van der Waals surface area contributed by atoms with Crippen LogP contribution in [0.4, 0.5) is 0 Å². The number of hydrogen-bond donors (Lipinski definition) is 1. The first-order chi connectivity index (χ1) is 8.95. The zero-order valence-electron chi connectivity index (χ0n) is 11.0. The summed E-state index contributed by atoms with van der Waals surface area (Å²) in [6.45, 7) is 4.19. The van der Waals surface area contributed by atoms with Crippen LogP contribution >= 0.6 is 23.2 Å². The van der Waals surface area contributed by atoms with Gasteiger partial charge in [0.25, 0.3) is 0 Å². The van der Waals surface area contributed by atoms with E-state index in [9.17, 15) is 4.79 Å². The summed E-state index contributed by atoms with van der Waals surface area (Å²) in [4.78, 5) is 14.1. The molecule has 1 fully saturated rings. The normalized spacial score (nSPS) is 22.8. The van der Waals surface area contributed by atoms with Gasteiger partial charge >= 0.3 is 0 Å². The summed E-state index contributed by atoms with van der Waals surface area (Å²) >= 11 is 12.2. The highest BCUT2D eigenvalue weighted by atomic mass is 35.5. The van der Waals surface area contributed by atoms with Crippen LogP contribution in [0.3, 0.4) is 0 Å². The van der Waals surface area contributed by atoms with E-state index >= 15 is 0 Å². The van der Waals surface area contributed by atoms with Crippen molar-refractivity contribution in [2.24, 2.45) is 11.1 Å². The maximum absolute atomic E-state index is 12.3. The molecule has 1 aromatic rings. The van der Waals surface area contributed by atoms with E-state index in [1.165, 1.54) is 0 Å². The van der Waals surface area contributed by atoms with Gasteiger partial charge in [-0.1, -0.05) is 36.2 Å². The fourth-order valence-corrected chi connectivity index (χ4v) is 2.90. The van der Waals surface area contributed by atoms with Gasteiger partial charge in [0.2, 0.25) is 5.91 Å². The molecule has 0 aromatic heterocycles. The van der Waals surface area contributed by atoms with Crippen LogP contribution in [0.25, 0.3) is 0 Å². The molecular formula is C14H18Cl2N2O. The van der Waals surface area contributed by atoms with Gasteiger partial charge in [0.05, 0.1) is 6.42 Å². The van der Waals surface area contributed by atoms with Crippen molar-refractivity contribution in [3.8, 4) is 0 Å². The maximum atomic E-state index is 12.3. The molecule has 3 nitrogen and oxygen atoms in total. The van der Waals surface area contributed by atoms with E-state index in [1.54, 1.807) is 18.2 Å². The molecule has 2 rings (SSSR count). The molecule has 5 heteroatoms. The van der Waals surface area contributed by atoms with Crippen LogP contribution < -0.4 is 5.73 Å². The highest BCUT2D eigenvalue weighted by Gasteiger charge is 2.34. The van der Waals surface area contributed by atoms with Crippen LogP contribution in [0.15, 0.2) is 18.2 Å². The van der Waals surface area contributed by atoms with Gasteiger partial charge in [-0.25, -0.2) is 0 Å². The molecular weight excluding hydrogens is 283 g/mol. The SMILES string of the molecule is CC1(CN)CCN(C(=O)Cc2c(Cl)cccc2Cl)C1. The standard InChI is InChI=1S/C14H18Cl2N2O/c1-14(8-17)5-6-18(9-14)13(19)7-10-11(15)3-2-4-12(10)16/h2-4H,5-9,17H2,1H3. The molecule has 1 atom stereocenters. The van der Waals surface area contributed by atoms with Crippen molar-refractivity contribution in [2.75, 3.05) is 19.6 Å². The Kier molecular flexibility index (Phi) is 4.39. The van der Waals surface area contributed by atoms with Gasteiger partial charge in [-0.05, 0) is 36.1 Å². The Morgan fingerprint density at radius 3 is 2.58 bits per heavy atom. The first kappa shape index (κ1) is 14.6. The predicted octanol–water partition coefficient (Wildman–Crippen LogP) is 2.73. The number of rotatable bonds is 3. The van der Waals surface area contributed by atoms with E-state index < -0.39 is 0 Å². The molecule has 0 aliphatic carbocycles. The number of carbonyl (C=O) groups excluding carboxylic acids is 1. The van der Waals surface area contributed by atoms with Gasteiger partial charge in [-0.15, -0.1) is 0 Å². The van der Waals surface area contributed by atoms with E-state index in [-0.39, 0.29) is 17.7 Å². The third kappa shape index (κ3) is 3.22. The summed E-state index contributed by atoms with van der Waals surface area (Å²) in [7, 11) is 0. The maximum Gasteiger partial charge on any atom is 0.227 e. The summed E-state index contributed by atoms with van der Waals surface area (Å²) in [5, 5.41) is 1.09. The number of hydrogen-bond acceptors (Lipinski definition) is 2. The van der Waals surface area contributed by atoms with Crippen LogP contribution in [-0.4, -0.2) is 30.4 Å². The van der Waals surface area contributed by atoms with Crippen molar-refractivity contribution >= 4 is 29.1 Å². The molecule has 1 aromatic carbocycles. The minimum absolute atomic E-state index is 0.0416. The lowest BCUT2D eigenvalue weighted by Crippen LogP contribution is -2.35. The number of likely N-dealkylation sites (tertiary alicyclic amines) is 1. The highest BCUT2D eigenvalue weighted by Crippen LogP contribution is 2.30. The molecule has 0 spiro atoms. The average molecular weight is 301 g/mol. The van der Waals surface area contributed by atoms with E-state index in [2.05, 4.69) is 6.92 Å². The Morgan fingerprint density at radius 1 is 1.42 bits per heavy atom. The fourth-order valence-electron chi connectivity index (χ4n) is 2.37. The fraction of sp³-hybridized carbons (Fsp3) is 0.500. The van der Waals surface area contributed by atoms with Crippen molar-refractivity contribution in [3.63, 3.8) is 0 Å². The number of carbonyl (C=O) groups is 1. The zero-order chi connectivity index (χ0) is 14.0. The Bertz CT molecular complexity index is 472. The van der Waals surface area contributed by atoms with E-state index in [0.717, 1.165) is 13.0 Å². The molecule has 1 aliphatic rings. The first-order valence-corrected chi connectivity index (χ1v) is 7.11. The molecule has 1 amide bonds. The van der Waals surface area contributed by atoms with E-state index in [4.69, 9.17) is 28.9 Å². The lowest BCUT2D eigenvalue weighted by atomic mass is 9.90. The Morgan fingerprint density at radius 2 is 2.05 bits per heavy atom. The second kappa shape index (κ2) is 5.70. The monoisotopic (exact) mass is 300 g/mol. The molecule has 1 heterocycles. The smallest absolute Gasteiger partial charge is 0.227 e. The lowest BCUT2D eigenvalue weighted by Gasteiger charge is -2.22. The molecule has 1 unspecified atom stereocenters. The molecule has 1 saturated heterocycles. The molecule has 1 aliphatic heterocycles. The molecule has 0 bridgehead atoms. The summed E-state index contributed by atoms with van der Waals surface area (Å²) in [5.74, 6) is 0.0622. The summed E-state index contributed by atoms with van der Waals surface area (Å²) in [6.07, 6.45) is 1.20. The Balaban J connectivity index is 2.07. The van der Waals surface area contributed by atoms with Crippen LogP contribution in [-0.2, 0) is 11.2 Å². The first-order valence-electron chi connectivity index (χ1n) is 6.36. The van der Waals surface area contributed by atoms with Crippen LogP contribution in [0.1, 0.15) is 18.9 Å². The summed E-state index contributed by atoms with van der Waals surface area (Å²) in [6, 6.07) is 5.29.